The van der Waals surface area contributed by atoms with E-state index in [4.69, 9.17) is 0 Å². The molecule has 0 saturated carbocycles. The average Bonchev–Trinajstić information content (AvgIpc) is 2.42. The van der Waals surface area contributed by atoms with Crippen molar-refractivity contribution in [3.8, 4) is 0 Å². The Balaban J connectivity index is 3.15. The number of hydrogen-bond donors (Lipinski definition) is 1. The number of halogens is 3. The van der Waals surface area contributed by atoms with Crippen LogP contribution < -0.4 is 10.2 Å². The van der Waals surface area contributed by atoms with Crippen LogP contribution in [0.4, 0.5) is 24.8 Å². The molecule has 0 fully saturated rings. The average molecular weight is 289 g/mol. The molecule has 1 N–H and O–H groups in total. The van der Waals surface area contributed by atoms with Crippen molar-refractivity contribution < 1.29 is 13.2 Å². The number of aromatic nitrogens is 1. The molecule has 1 unspecified atom stereocenters. The summed E-state index contributed by atoms with van der Waals surface area (Å²) in [5.74, 6) is 0.611. The van der Waals surface area contributed by atoms with E-state index >= 15 is 0 Å². The van der Waals surface area contributed by atoms with Crippen molar-refractivity contribution in [2.45, 2.75) is 45.8 Å². The van der Waals surface area contributed by atoms with Crippen LogP contribution in [-0.4, -0.2) is 24.6 Å². The molecule has 114 valence electrons. The van der Waals surface area contributed by atoms with E-state index in [-0.39, 0.29) is 11.9 Å². The minimum atomic E-state index is -4.36. The Hall–Kier alpha value is -1.46. The fourth-order valence-electron chi connectivity index (χ4n) is 1.70. The monoisotopic (exact) mass is 289 g/mol. The van der Waals surface area contributed by atoms with Crippen molar-refractivity contribution in [3.63, 3.8) is 0 Å². The third kappa shape index (κ3) is 4.28. The van der Waals surface area contributed by atoms with E-state index in [1.54, 1.807) is 11.9 Å². The molecule has 3 nitrogen and oxygen atoms in total. The van der Waals surface area contributed by atoms with Crippen LogP contribution in [-0.2, 0) is 6.18 Å². The van der Waals surface area contributed by atoms with E-state index in [9.17, 15) is 13.2 Å². The first-order valence-electron chi connectivity index (χ1n) is 6.85. The maximum absolute atomic E-state index is 12.9. The Morgan fingerprint density at radius 1 is 1.30 bits per heavy atom. The SMILES string of the molecule is CCCNc1cc(C(F)(F)F)cc(N(C)C(C)CC)n1. The first-order valence-corrected chi connectivity index (χ1v) is 6.85. The fourth-order valence-corrected chi connectivity index (χ4v) is 1.70. The molecule has 0 bridgehead atoms. The molecule has 1 aromatic rings. The lowest BCUT2D eigenvalue weighted by Crippen LogP contribution is -2.29. The number of alkyl halides is 3. The van der Waals surface area contributed by atoms with E-state index < -0.39 is 11.7 Å². The predicted octanol–water partition coefficient (Wildman–Crippen LogP) is 4.16. The van der Waals surface area contributed by atoms with Crippen LogP contribution >= 0.6 is 0 Å². The van der Waals surface area contributed by atoms with E-state index in [0.29, 0.717) is 12.4 Å². The Labute approximate surface area is 118 Å². The third-order valence-corrected chi connectivity index (χ3v) is 3.31. The maximum atomic E-state index is 12.9. The number of nitrogens with one attached hydrogen (secondary N) is 1. The van der Waals surface area contributed by atoms with Crippen LogP contribution in [0.5, 0.6) is 0 Å². The van der Waals surface area contributed by atoms with Gasteiger partial charge in [0.25, 0.3) is 0 Å². The Morgan fingerprint density at radius 2 is 1.95 bits per heavy atom. The Morgan fingerprint density at radius 3 is 2.45 bits per heavy atom. The highest BCUT2D eigenvalue weighted by molar-refractivity contribution is 5.51. The van der Waals surface area contributed by atoms with Gasteiger partial charge in [0, 0.05) is 19.6 Å². The first kappa shape index (κ1) is 16.6. The zero-order valence-electron chi connectivity index (χ0n) is 12.4. The van der Waals surface area contributed by atoms with Gasteiger partial charge in [0.2, 0.25) is 0 Å². The van der Waals surface area contributed by atoms with Gasteiger partial charge in [-0.05, 0) is 31.9 Å². The zero-order valence-corrected chi connectivity index (χ0v) is 12.4. The standard InChI is InChI=1S/C14H22F3N3/c1-5-7-18-12-8-11(14(15,16)17)9-13(19-12)20(4)10(3)6-2/h8-10H,5-7H2,1-4H3,(H,18,19). The highest BCUT2D eigenvalue weighted by Crippen LogP contribution is 2.33. The van der Waals surface area contributed by atoms with Crippen molar-refractivity contribution in [1.82, 2.24) is 4.98 Å². The summed E-state index contributed by atoms with van der Waals surface area (Å²) in [7, 11) is 1.76. The molecule has 0 aliphatic carbocycles. The van der Waals surface area contributed by atoms with Gasteiger partial charge in [-0.15, -0.1) is 0 Å². The molecule has 0 amide bonds. The molecule has 0 radical (unpaired) electrons. The van der Waals surface area contributed by atoms with E-state index in [1.807, 2.05) is 20.8 Å². The summed E-state index contributed by atoms with van der Waals surface area (Å²) in [5, 5.41) is 2.92. The van der Waals surface area contributed by atoms with E-state index in [2.05, 4.69) is 10.3 Å². The lowest BCUT2D eigenvalue weighted by atomic mass is 10.2. The summed E-state index contributed by atoms with van der Waals surface area (Å²) >= 11 is 0. The van der Waals surface area contributed by atoms with E-state index in [0.717, 1.165) is 25.0 Å². The van der Waals surface area contributed by atoms with Crippen molar-refractivity contribution in [3.05, 3.63) is 17.7 Å². The molecular formula is C14H22F3N3. The van der Waals surface area contributed by atoms with Gasteiger partial charge in [-0.25, -0.2) is 4.98 Å². The summed E-state index contributed by atoms with van der Waals surface area (Å²) in [6, 6.07) is 2.29. The van der Waals surface area contributed by atoms with Crippen LogP contribution in [0.3, 0.4) is 0 Å². The fraction of sp³-hybridized carbons (Fsp3) is 0.643. The third-order valence-electron chi connectivity index (χ3n) is 3.31. The maximum Gasteiger partial charge on any atom is 0.416 e. The number of anilines is 2. The van der Waals surface area contributed by atoms with Gasteiger partial charge >= 0.3 is 6.18 Å². The van der Waals surface area contributed by atoms with Gasteiger partial charge in [-0.2, -0.15) is 13.2 Å². The van der Waals surface area contributed by atoms with Crippen LogP contribution in [0.1, 0.15) is 39.2 Å². The molecule has 6 heteroatoms. The molecule has 1 heterocycles. The smallest absolute Gasteiger partial charge is 0.370 e. The van der Waals surface area contributed by atoms with Crippen molar-refractivity contribution in [2.24, 2.45) is 0 Å². The molecule has 1 rings (SSSR count). The highest BCUT2D eigenvalue weighted by atomic mass is 19.4. The second kappa shape index (κ2) is 6.81. The number of rotatable bonds is 6. The summed E-state index contributed by atoms with van der Waals surface area (Å²) in [4.78, 5) is 6.04. The second-order valence-electron chi connectivity index (χ2n) is 4.89. The van der Waals surface area contributed by atoms with Crippen molar-refractivity contribution >= 4 is 11.6 Å². The zero-order chi connectivity index (χ0) is 15.3. The number of pyridine rings is 1. The van der Waals surface area contributed by atoms with Gasteiger partial charge in [0.1, 0.15) is 11.6 Å². The molecule has 1 atom stereocenters. The van der Waals surface area contributed by atoms with Gasteiger partial charge in [0.05, 0.1) is 5.56 Å². The number of nitrogens with zero attached hydrogens (tertiary/aromatic N) is 2. The van der Waals surface area contributed by atoms with Gasteiger partial charge < -0.3 is 10.2 Å². The van der Waals surface area contributed by atoms with Crippen LogP contribution in [0.2, 0.25) is 0 Å². The minimum absolute atomic E-state index is 0.130. The van der Waals surface area contributed by atoms with Crippen LogP contribution in [0, 0.1) is 0 Å². The quantitative estimate of drug-likeness (QED) is 0.852. The van der Waals surface area contributed by atoms with Crippen molar-refractivity contribution in [2.75, 3.05) is 23.8 Å². The van der Waals surface area contributed by atoms with Crippen molar-refractivity contribution in [1.29, 1.82) is 0 Å². The lowest BCUT2D eigenvalue weighted by Gasteiger charge is -2.26. The summed E-state index contributed by atoms with van der Waals surface area (Å²) in [6.07, 6.45) is -2.70. The van der Waals surface area contributed by atoms with Gasteiger partial charge in [-0.1, -0.05) is 13.8 Å². The normalized spacial score (nSPS) is 13.2. The molecule has 0 aliphatic heterocycles. The summed E-state index contributed by atoms with van der Waals surface area (Å²) in [5.41, 5.74) is -0.670. The number of hydrogen-bond acceptors (Lipinski definition) is 3. The van der Waals surface area contributed by atoms with Crippen LogP contribution in [0.15, 0.2) is 12.1 Å². The van der Waals surface area contributed by atoms with Gasteiger partial charge in [-0.3, -0.25) is 0 Å². The largest absolute Gasteiger partial charge is 0.416 e. The summed E-state index contributed by atoms with van der Waals surface area (Å²) in [6.45, 7) is 6.50. The van der Waals surface area contributed by atoms with Gasteiger partial charge in [0.15, 0.2) is 0 Å². The Bertz CT molecular complexity index is 432. The molecular weight excluding hydrogens is 267 g/mol. The molecule has 0 aliphatic rings. The molecule has 0 aromatic carbocycles. The predicted molar refractivity (Wildman–Crippen MR) is 76.2 cm³/mol. The molecule has 1 aromatic heterocycles. The second-order valence-corrected chi connectivity index (χ2v) is 4.89. The topological polar surface area (TPSA) is 28.2 Å². The minimum Gasteiger partial charge on any atom is -0.370 e. The Kier molecular flexibility index (Phi) is 5.65. The highest BCUT2D eigenvalue weighted by Gasteiger charge is 2.32. The summed E-state index contributed by atoms with van der Waals surface area (Å²) < 4.78 is 38.8. The van der Waals surface area contributed by atoms with E-state index in [1.165, 1.54) is 0 Å². The molecule has 0 spiro atoms. The van der Waals surface area contributed by atoms with Crippen LogP contribution in [0.25, 0.3) is 0 Å². The lowest BCUT2D eigenvalue weighted by molar-refractivity contribution is -0.137. The molecule has 0 saturated heterocycles. The first-order chi connectivity index (χ1) is 9.29. The molecule has 20 heavy (non-hydrogen) atoms.